The Labute approximate surface area is 158 Å². The van der Waals surface area contributed by atoms with Crippen molar-refractivity contribution < 1.29 is 9.53 Å². The lowest BCUT2D eigenvalue weighted by molar-refractivity contribution is 0.0959. The maximum atomic E-state index is 12.0. The van der Waals surface area contributed by atoms with E-state index in [4.69, 9.17) is 4.74 Å². The number of thiophene rings is 1. The molecule has 138 valence electrons. The van der Waals surface area contributed by atoms with Crippen molar-refractivity contribution in [1.82, 2.24) is 10.3 Å². The first-order valence-corrected chi connectivity index (χ1v) is 9.83. The minimum absolute atomic E-state index is 0.179. The van der Waals surface area contributed by atoms with Crippen LogP contribution in [0, 0.1) is 0 Å². The molecular weight excluding hydrogens is 346 g/mol. The van der Waals surface area contributed by atoms with Crippen LogP contribution in [0.1, 0.15) is 47.0 Å². The monoisotopic (exact) mass is 371 g/mol. The smallest absolute Gasteiger partial charge is 0.281 e. The zero-order valence-electron chi connectivity index (χ0n) is 15.3. The SMILES string of the molecule is COc1ccc(/C(C)=N\NC(=O)c2cccs2)cc1CN1CCCCC1. The van der Waals surface area contributed by atoms with Crippen LogP contribution in [0.4, 0.5) is 0 Å². The van der Waals surface area contributed by atoms with Crippen molar-refractivity contribution in [2.45, 2.75) is 32.7 Å². The molecule has 0 aliphatic carbocycles. The normalized spacial score (nSPS) is 15.7. The first-order chi connectivity index (χ1) is 12.7. The molecule has 2 aromatic rings. The predicted molar refractivity (Wildman–Crippen MR) is 106 cm³/mol. The molecule has 2 heterocycles. The predicted octanol–water partition coefficient (Wildman–Crippen LogP) is 3.90. The van der Waals surface area contributed by atoms with E-state index >= 15 is 0 Å². The highest BCUT2D eigenvalue weighted by atomic mass is 32.1. The second kappa shape index (κ2) is 8.96. The van der Waals surface area contributed by atoms with Crippen LogP contribution in [-0.2, 0) is 6.54 Å². The Morgan fingerprint density at radius 3 is 2.77 bits per heavy atom. The Morgan fingerprint density at radius 2 is 2.08 bits per heavy atom. The molecule has 0 unspecified atom stereocenters. The number of ether oxygens (including phenoxy) is 1. The quantitative estimate of drug-likeness (QED) is 0.619. The minimum Gasteiger partial charge on any atom is -0.496 e. The highest BCUT2D eigenvalue weighted by molar-refractivity contribution is 7.12. The Kier molecular flexibility index (Phi) is 6.41. The molecule has 0 saturated carbocycles. The Hall–Kier alpha value is -2.18. The van der Waals surface area contributed by atoms with Gasteiger partial charge in [0.15, 0.2) is 0 Å². The van der Waals surface area contributed by atoms with Gasteiger partial charge in [-0.25, -0.2) is 5.43 Å². The zero-order valence-corrected chi connectivity index (χ0v) is 16.1. The van der Waals surface area contributed by atoms with E-state index in [0.29, 0.717) is 4.88 Å². The van der Waals surface area contributed by atoms with E-state index in [1.165, 1.54) is 30.6 Å². The van der Waals surface area contributed by atoms with Crippen molar-refractivity contribution in [3.63, 3.8) is 0 Å². The fourth-order valence-corrected chi connectivity index (χ4v) is 3.76. The van der Waals surface area contributed by atoms with Crippen LogP contribution in [0.2, 0.25) is 0 Å². The molecule has 0 atom stereocenters. The van der Waals surface area contributed by atoms with Crippen molar-refractivity contribution in [2.75, 3.05) is 20.2 Å². The summed E-state index contributed by atoms with van der Waals surface area (Å²) in [5.41, 5.74) is 5.55. The third kappa shape index (κ3) is 4.71. The van der Waals surface area contributed by atoms with Gasteiger partial charge in [-0.15, -0.1) is 11.3 Å². The van der Waals surface area contributed by atoms with Gasteiger partial charge in [0.25, 0.3) is 5.91 Å². The second-order valence-corrected chi connectivity index (χ2v) is 7.43. The maximum absolute atomic E-state index is 12.0. The second-order valence-electron chi connectivity index (χ2n) is 6.48. The van der Waals surface area contributed by atoms with Crippen LogP contribution in [0.15, 0.2) is 40.8 Å². The molecule has 1 N–H and O–H groups in total. The summed E-state index contributed by atoms with van der Waals surface area (Å²) in [5.74, 6) is 0.719. The molecule has 1 aromatic carbocycles. The van der Waals surface area contributed by atoms with E-state index in [0.717, 1.165) is 42.2 Å². The average Bonchev–Trinajstić information content (AvgIpc) is 3.21. The van der Waals surface area contributed by atoms with Gasteiger partial charge in [-0.2, -0.15) is 5.10 Å². The first-order valence-electron chi connectivity index (χ1n) is 8.95. The number of hydrazone groups is 1. The summed E-state index contributed by atoms with van der Waals surface area (Å²) in [6.07, 6.45) is 3.85. The lowest BCUT2D eigenvalue weighted by atomic mass is 10.0. The summed E-state index contributed by atoms with van der Waals surface area (Å²) in [7, 11) is 1.71. The van der Waals surface area contributed by atoms with Gasteiger partial charge in [0, 0.05) is 12.1 Å². The highest BCUT2D eigenvalue weighted by Gasteiger charge is 2.14. The number of hydrogen-bond acceptors (Lipinski definition) is 5. The lowest BCUT2D eigenvalue weighted by Gasteiger charge is -2.27. The number of likely N-dealkylation sites (tertiary alicyclic amines) is 1. The maximum Gasteiger partial charge on any atom is 0.281 e. The number of nitrogens with one attached hydrogen (secondary N) is 1. The van der Waals surface area contributed by atoms with E-state index in [2.05, 4.69) is 21.5 Å². The van der Waals surface area contributed by atoms with E-state index in [1.54, 1.807) is 13.2 Å². The van der Waals surface area contributed by atoms with Crippen molar-refractivity contribution in [3.05, 3.63) is 51.7 Å². The lowest BCUT2D eigenvalue weighted by Crippen LogP contribution is -2.29. The van der Waals surface area contributed by atoms with Gasteiger partial charge in [0.1, 0.15) is 5.75 Å². The third-order valence-corrected chi connectivity index (χ3v) is 5.48. The van der Waals surface area contributed by atoms with E-state index < -0.39 is 0 Å². The van der Waals surface area contributed by atoms with Crippen LogP contribution in [0.25, 0.3) is 0 Å². The van der Waals surface area contributed by atoms with E-state index in [9.17, 15) is 4.79 Å². The average molecular weight is 372 g/mol. The third-order valence-electron chi connectivity index (χ3n) is 4.61. The zero-order chi connectivity index (χ0) is 18.4. The van der Waals surface area contributed by atoms with Gasteiger partial charge in [0.2, 0.25) is 0 Å². The van der Waals surface area contributed by atoms with Gasteiger partial charge in [-0.1, -0.05) is 12.5 Å². The van der Waals surface area contributed by atoms with Gasteiger partial charge in [-0.05, 0) is 68.1 Å². The number of amides is 1. The number of benzene rings is 1. The topological polar surface area (TPSA) is 53.9 Å². The summed E-state index contributed by atoms with van der Waals surface area (Å²) < 4.78 is 5.53. The molecule has 1 aliphatic heterocycles. The molecule has 0 spiro atoms. The summed E-state index contributed by atoms with van der Waals surface area (Å²) in [5, 5.41) is 6.14. The molecule has 5 nitrogen and oxygen atoms in total. The molecule has 0 bridgehead atoms. The fraction of sp³-hybridized carbons (Fsp3) is 0.400. The van der Waals surface area contributed by atoms with Gasteiger partial charge >= 0.3 is 0 Å². The molecule has 1 amide bonds. The Balaban J connectivity index is 1.73. The number of carbonyl (C=O) groups excluding carboxylic acids is 1. The number of nitrogens with zero attached hydrogens (tertiary/aromatic N) is 2. The van der Waals surface area contributed by atoms with Gasteiger partial charge in [-0.3, -0.25) is 9.69 Å². The standard InChI is InChI=1S/C20H25N3O2S/c1-15(21-22-20(24)19-7-6-12-26-19)16-8-9-18(25-2)17(13-16)14-23-10-4-3-5-11-23/h6-9,12-13H,3-5,10-11,14H2,1-2H3,(H,22,24)/b21-15-. The number of rotatable bonds is 6. The molecular formula is C20H25N3O2S. The summed E-state index contributed by atoms with van der Waals surface area (Å²) in [6.45, 7) is 5.06. The fourth-order valence-electron chi connectivity index (χ4n) is 3.15. The number of hydrogen-bond donors (Lipinski definition) is 1. The number of carbonyl (C=O) groups is 1. The summed E-state index contributed by atoms with van der Waals surface area (Å²) in [4.78, 5) is 15.2. The molecule has 6 heteroatoms. The molecule has 1 aliphatic rings. The van der Waals surface area contributed by atoms with Crippen LogP contribution in [0.3, 0.4) is 0 Å². The Morgan fingerprint density at radius 1 is 1.27 bits per heavy atom. The number of piperidine rings is 1. The molecule has 3 rings (SSSR count). The van der Waals surface area contributed by atoms with Crippen LogP contribution < -0.4 is 10.2 Å². The molecule has 26 heavy (non-hydrogen) atoms. The molecule has 0 radical (unpaired) electrons. The molecule has 1 saturated heterocycles. The van der Waals surface area contributed by atoms with Crippen molar-refractivity contribution in [2.24, 2.45) is 5.10 Å². The number of methoxy groups -OCH3 is 1. The largest absolute Gasteiger partial charge is 0.496 e. The van der Waals surface area contributed by atoms with Gasteiger partial charge in [0.05, 0.1) is 17.7 Å². The van der Waals surface area contributed by atoms with E-state index in [1.807, 2.05) is 30.5 Å². The van der Waals surface area contributed by atoms with Crippen molar-refractivity contribution in [3.8, 4) is 5.75 Å². The minimum atomic E-state index is -0.179. The molecule has 1 fully saturated rings. The summed E-state index contributed by atoms with van der Waals surface area (Å²) in [6, 6.07) is 9.72. The van der Waals surface area contributed by atoms with Crippen LogP contribution in [-0.4, -0.2) is 36.7 Å². The van der Waals surface area contributed by atoms with Crippen LogP contribution in [0.5, 0.6) is 5.75 Å². The Bertz CT molecular complexity index is 765. The van der Waals surface area contributed by atoms with E-state index in [-0.39, 0.29) is 5.91 Å². The van der Waals surface area contributed by atoms with Gasteiger partial charge < -0.3 is 4.74 Å². The first kappa shape index (κ1) is 18.6. The van der Waals surface area contributed by atoms with Crippen molar-refractivity contribution in [1.29, 1.82) is 0 Å². The highest BCUT2D eigenvalue weighted by Crippen LogP contribution is 2.23. The van der Waals surface area contributed by atoms with Crippen molar-refractivity contribution >= 4 is 23.0 Å². The van der Waals surface area contributed by atoms with Crippen LogP contribution >= 0.6 is 11.3 Å². The molecule has 1 aromatic heterocycles. The summed E-state index contributed by atoms with van der Waals surface area (Å²) >= 11 is 1.40.